The number of carbonyl (C=O) groups is 1. The van der Waals surface area contributed by atoms with Gasteiger partial charge in [0.2, 0.25) is 5.91 Å². The summed E-state index contributed by atoms with van der Waals surface area (Å²) in [4.78, 5) is 18.6. The highest BCUT2D eigenvalue weighted by atomic mass is 19.1. The zero-order chi connectivity index (χ0) is 17.5. The molecular formula is C20H22FN3O. The van der Waals surface area contributed by atoms with E-state index >= 15 is 0 Å². The molecule has 1 fully saturated rings. The number of carbonyl (C=O) groups excluding carboxylic acids is 1. The van der Waals surface area contributed by atoms with Crippen LogP contribution in [-0.4, -0.2) is 24.0 Å². The molecule has 0 radical (unpaired) electrons. The van der Waals surface area contributed by atoms with Gasteiger partial charge in [-0.25, -0.2) is 9.37 Å². The van der Waals surface area contributed by atoms with Crippen molar-refractivity contribution in [1.29, 1.82) is 0 Å². The first-order valence-electron chi connectivity index (χ1n) is 8.66. The van der Waals surface area contributed by atoms with Crippen LogP contribution >= 0.6 is 0 Å². The smallest absolute Gasteiger partial charge is 0.249 e. The lowest BCUT2D eigenvalue weighted by atomic mass is 10.2. The number of pyridine rings is 1. The third-order valence-electron chi connectivity index (χ3n) is 4.27. The number of anilines is 2. The van der Waals surface area contributed by atoms with Crippen LogP contribution in [0.15, 0.2) is 48.7 Å². The monoisotopic (exact) mass is 339 g/mol. The van der Waals surface area contributed by atoms with Crippen molar-refractivity contribution in [3.05, 3.63) is 60.1 Å². The van der Waals surface area contributed by atoms with Gasteiger partial charge >= 0.3 is 0 Å². The summed E-state index contributed by atoms with van der Waals surface area (Å²) in [7, 11) is 0. The molecule has 0 bridgehead atoms. The quantitative estimate of drug-likeness (QED) is 0.847. The third kappa shape index (κ3) is 5.14. The molecule has 5 heteroatoms. The molecule has 1 aliphatic rings. The van der Waals surface area contributed by atoms with Crippen molar-refractivity contribution in [2.24, 2.45) is 0 Å². The van der Waals surface area contributed by atoms with E-state index in [-0.39, 0.29) is 11.7 Å². The molecule has 0 aliphatic carbocycles. The molecule has 1 aromatic heterocycles. The molecule has 1 aliphatic heterocycles. The standard InChI is InChI=1S/C20H22FN3O/c21-17-8-5-16(6-9-17)7-12-20(25)23-19-11-10-18(15-22-19)24-13-3-1-2-4-14-24/h5-12,15H,1-4,13-14H2,(H,22,23,25)/b12-7+. The molecule has 25 heavy (non-hydrogen) atoms. The SMILES string of the molecule is O=C(/C=C/c1ccc(F)cc1)Nc1ccc(N2CCCCCC2)cn1. The second kappa shape index (κ2) is 8.42. The number of amides is 1. The Morgan fingerprint density at radius 2 is 1.76 bits per heavy atom. The summed E-state index contributed by atoms with van der Waals surface area (Å²) in [5, 5.41) is 2.74. The molecule has 0 saturated carbocycles. The minimum absolute atomic E-state index is 0.264. The first-order valence-corrected chi connectivity index (χ1v) is 8.66. The topological polar surface area (TPSA) is 45.2 Å². The first kappa shape index (κ1) is 17.1. The summed E-state index contributed by atoms with van der Waals surface area (Å²) in [6, 6.07) is 9.78. The van der Waals surface area contributed by atoms with Crippen LogP contribution in [0.3, 0.4) is 0 Å². The highest BCUT2D eigenvalue weighted by Crippen LogP contribution is 2.19. The fourth-order valence-electron chi connectivity index (χ4n) is 2.89. The second-order valence-corrected chi connectivity index (χ2v) is 6.18. The van der Waals surface area contributed by atoms with Crippen molar-refractivity contribution in [2.45, 2.75) is 25.7 Å². The normalized spacial score (nSPS) is 15.2. The fourth-order valence-corrected chi connectivity index (χ4v) is 2.89. The molecule has 2 heterocycles. The maximum atomic E-state index is 12.8. The summed E-state index contributed by atoms with van der Waals surface area (Å²) in [6.45, 7) is 2.13. The highest BCUT2D eigenvalue weighted by molar-refractivity contribution is 6.01. The van der Waals surface area contributed by atoms with Crippen LogP contribution in [0.25, 0.3) is 6.08 Å². The molecule has 0 atom stereocenters. The molecule has 4 nitrogen and oxygen atoms in total. The first-order chi connectivity index (χ1) is 12.2. The van der Waals surface area contributed by atoms with Gasteiger partial charge in [-0.3, -0.25) is 4.79 Å². The van der Waals surface area contributed by atoms with E-state index in [0.29, 0.717) is 5.82 Å². The zero-order valence-corrected chi connectivity index (χ0v) is 14.1. The Labute approximate surface area is 147 Å². The average molecular weight is 339 g/mol. The predicted octanol–water partition coefficient (Wildman–Crippen LogP) is 4.25. The van der Waals surface area contributed by atoms with Crippen molar-refractivity contribution in [1.82, 2.24) is 4.98 Å². The minimum atomic E-state index is -0.296. The largest absolute Gasteiger partial charge is 0.370 e. The maximum absolute atomic E-state index is 12.8. The van der Waals surface area contributed by atoms with E-state index in [2.05, 4.69) is 15.2 Å². The van der Waals surface area contributed by atoms with Gasteiger partial charge in [0.25, 0.3) is 0 Å². The summed E-state index contributed by atoms with van der Waals surface area (Å²) < 4.78 is 12.8. The lowest BCUT2D eigenvalue weighted by Crippen LogP contribution is -2.24. The Balaban J connectivity index is 1.57. The number of nitrogens with zero attached hydrogens (tertiary/aromatic N) is 2. The van der Waals surface area contributed by atoms with E-state index in [9.17, 15) is 9.18 Å². The van der Waals surface area contributed by atoms with Gasteiger partial charge in [-0.15, -0.1) is 0 Å². The Hall–Kier alpha value is -2.69. The molecule has 1 aromatic carbocycles. The molecular weight excluding hydrogens is 317 g/mol. The fraction of sp³-hybridized carbons (Fsp3) is 0.300. The van der Waals surface area contributed by atoms with Crippen LogP contribution in [0.2, 0.25) is 0 Å². The number of benzene rings is 1. The molecule has 130 valence electrons. The lowest BCUT2D eigenvalue weighted by molar-refractivity contribution is -0.111. The number of hydrogen-bond donors (Lipinski definition) is 1. The summed E-state index contributed by atoms with van der Waals surface area (Å²) in [6.07, 6.45) is 9.87. The van der Waals surface area contributed by atoms with Crippen LogP contribution in [0.4, 0.5) is 15.9 Å². The maximum Gasteiger partial charge on any atom is 0.249 e. The van der Waals surface area contributed by atoms with Crippen LogP contribution < -0.4 is 10.2 Å². The molecule has 3 rings (SSSR count). The summed E-state index contributed by atoms with van der Waals surface area (Å²) in [5.41, 5.74) is 1.86. The summed E-state index contributed by atoms with van der Waals surface area (Å²) in [5.74, 6) is -0.0398. The van der Waals surface area contributed by atoms with Crippen molar-refractivity contribution < 1.29 is 9.18 Å². The zero-order valence-electron chi connectivity index (χ0n) is 14.1. The van der Waals surface area contributed by atoms with Gasteiger partial charge < -0.3 is 10.2 Å². The number of nitrogens with one attached hydrogen (secondary N) is 1. The Bertz CT molecular complexity index is 718. The minimum Gasteiger partial charge on any atom is -0.370 e. The molecule has 1 amide bonds. The Morgan fingerprint density at radius 3 is 2.40 bits per heavy atom. The van der Waals surface area contributed by atoms with Crippen LogP contribution in [-0.2, 0) is 4.79 Å². The van der Waals surface area contributed by atoms with E-state index < -0.39 is 0 Å². The predicted molar refractivity (Wildman–Crippen MR) is 99.0 cm³/mol. The summed E-state index contributed by atoms with van der Waals surface area (Å²) >= 11 is 0. The number of halogens is 1. The van der Waals surface area contributed by atoms with E-state index in [0.717, 1.165) is 24.3 Å². The number of hydrogen-bond acceptors (Lipinski definition) is 3. The van der Waals surface area contributed by atoms with Crippen molar-refractivity contribution >= 4 is 23.5 Å². The number of aromatic nitrogens is 1. The number of rotatable bonds is 4. The van der Waals surface area contributed by atoms with Crippen LogP contribution in [0.5, 0.6) is 0 Å². The Morgan fingerprint density at radius 1 is 1.04 bits per heavy atom. The third-order valence-corrected chi connectivity index (χ3v) is 4.27. The van der Waals surface area contributed by atoms with Gasteiger partial charge in [0.15, 0.2) is 0 Å². The molecule has 1 N–H and O–H groups in total. The second-order valence-electron chi connectivity index (χ2n) is 6.18. The lowest BCUT2D eigenvalue weighted by Gasteiger charge is -2.22. The molecule has 0 unspecified atom stereocenters. The van der Waals surface area contributed by atoms with Crippen molar-refractivity contribution in [3.8, 4) is 0 Å². The van der Waals surface area contributed by atoms with Gasteiger partial charge in [-0.1, -0.05) is 25.0 Å². The van der Waals surface area contributed by atoms with E-state index in [1.807, 2.05) is 18.3 Å². The van der Waals surface area contributed by atoms with Gasteiger partial charge in [0, 0.05) is 19.2 Å². The van der Waals surface area contributed by atoms with Crippen LogP contribution in [0, 0.1) is 5.82 Å². The van der Waals surface area contributed by atoms with E-state index in [1.165, 1.54) is 43.9 Å². The van der Waals surface area contributed by atoms with Crippen molar-refractivity contribution in [2.75, 3.05) is 23.3 Å². The molecule has 0 spiro atoms. The van der Waals surface area contributed by atoms with Gasteiger partial charge in [0.1, 0.15) is 11.6 Å². The van der Waals surface area contributed by atoms with E-state index in [4.69, 9.17) is 0 Å². The van der Waals surface area contributed by atoms with E-state index in [1.54, 1.807) is 18.2 Å². The Kier molecular flexibility index (Phi) is 5.77. The van der Waals surface area contributed by atoms with Gasteiger partial charge in [-0.05, 0) is 48.7 Å². The van der Waals surface area contributed by atoms with Gasteiger partial charge in [-0.2, -0.15) is 0 Å². The molecule has 2 aromatic rings. The van der Waals surface area contributed by atoms with Crippen molar-refractivity contribution in [3.63, 3.8) is 0 Å². The van der Waals surface area contributed by atoms with Gasteiger partial charge in [0.05, 0.1) is 11.9 Å². The molecule has 1 saturated heterocycles. The average Bonchev–Trinajstić information content (AvgIpc) is 2.91. The highest BCUT2D eigenvalue weighted by Gasteiger charge is 2.10. The van der Waals surface area contributed by atoms with Crippen LogP contribution in [0.1, 0.15) is 31.2 Å².